The van der Waals surface area contributed by atoms with Crippen molar-refractivity contribution in [2.24, 2.45) is 7.05 Å². The number of aromatic nitrogens is 4. The molecule has 2 aromatic heterocycles. The number of ether oxygens (including phenoxy) is 1. The van der Waals surface area contributed by atoms with E-state index < -0.39 is 12.1 Å². The Bertz CT molecular complexity index is 1970. The fourth-order valence-electron chi connectivity index (χ4n) is 7.78. The Morgan fingerprint density at radius 2 is 1.75 bits per heavy atom. The number of amides is 2. The molecule has 52 heavy (non-hydrogen) atoms. The number of carbonyl (C=O) groups excluding carboxylic acids is 2. The van der Waals surface area contributed by atoms with Gasteiger partial charge in [-0.15, -0.1) is 13.2 Å². The molecule has 0 spiro atoms. The molecule has 11 nitrogen and oxygen atoms in total. The van der Waals surface area contributed by atoms with Crippen molar-refractivity contribution in [3.63, 3.8) is 0 Å². The van der Waals surface area contributed by atoms with Crippen LogP contribution >= 0.6 is 0 Å². The lowest BCUT2D eigenvalue weighted by atomic mass is 9.93. The number of nitrogens with one attached hydrogen (secondary N) is 2. The number of alkyl halides is 3. The molecule has 1 atom stereocenters. The first kappa shape index (κ1) is 35.4. The van der Waals surface area contributed by atoms with E-state index in [4.69, 9.17) is 4.98 Å². The molecule has 1 aliphatic carbocycles. The Morgan fingerprint density at radius 3 is 2.46 bits per heavy atom. The van der Waals surface area contributed by atoms with Crippen LogP contribution in [0.25, 0.3) is 11.4 Å². The SMILES string of the molecule is CCc1cccc(CC)c1NC(=O)c1nn(C)c2c1CCc1cnc(Nc3ccc(C(=O)N4CCC[C@@H]4CN4CCCC4)cc3OC(F)(F)F)nc1-2. The largest absolute Gasteiger partial charge is 0.573 e. The first-order valence-electron chi connectivity index (χ1n) is 18.1. The molecule has 3 aliphatic rings. The van der Waals surface area contributed by atoms with Gasteiger partial charge in [0, 0.05) is 49.2 Å². The third kappa shape index (κ3) is 7.21. The molecule has 274 valence electrons. The van der Waals surface area contributed by atoms with E-state index in [2.05, 4.69) is 30.4 Å². The van der Waals surface area contributed by atoms with Crippen molar-refractivity contribution in [1.29, 1.82) is 0 Å². The van der Waals surface area contributed by atoms with Crippen LogP contribution in [0, 0.1) is 0 Å². The first-order valence-corrected chi connectivity index (χ1v) is 18.1. The van der Waals surface area contributed by atoms with Crippen LogP contribution in [-0.2, 0) is 32.7 Å². The number of likely N-dealkylation sites (tertiary alicyclic amines) is 2. The minimum Gasteiger partial charge on any atom is -0.404 e. The van der Waals surface area contributed by atoms with Crippen molar-refractivity contribution >= 4 is 29.1 Å². The van der Waals surface area contributed by atoms with Crippen LogP contribution in [0.1, 0.15) is 82.6 Å². The van der Waals surface area contributed by atoms with Gasteiger partial charge in [0.05, 0.1) is 17.1 Å². The molecule has 2 aliphatic heterocycles. The van der Waals surface area contributed by atoms with Crippen molar-refractivity contribution < 1.29 is 27.5 Å². The predicted octanol–water partition coefficient (Wildman–Crippen LogP) is 6.70. The Balaban J connectivity index is 1.15. The molecule has 0 bridgehead atoms. The van der Waals surface area contributed by atoms with E-state index in [0.717, 1.165) is 92.2 Å². The van der Waals surface area contributed by atoms with Crippen molar-refractivity contribution in [3.8, 4) is 17.1 Å². The van der Waals surface area contributed by atoms with Gasteiger partial charge in [0.25, 0.3) is 11.8 Å². The number of benzene rings is 2. The first-order chi connectivity index (χ1) is 25.0. The zero-order chi connectivity index (χ0) is 36.6. The molecule has 0 radical (unpaired) electrons. The van der Waals surface area contributed by atoms with Crippen molar-refractivity contribution in [3.05, 3.63) is 76.1 Å². The number of aryl methyl sites for hydroxylation is 4. The van der Waals surface area contributed by atoms with Crippen LogP contribution in [0.3, 0.4) is 0 Å². The average Bonchev–Trinajstić information content (AvgIpc) is 3.89. The van der Waals surface area contributed by atoms with Gasteiger partial charge in [-0.3, -0.25) is 14.3 Å². The maximum atomic E-state index is 13.7. The lowest BCUT2D eigenvalue weighted by molar-refractivity contribution is -0.274. The predicted molar refractivity (Wildman–Crippen MR) is 191 cm³/mol. The number of anilines is 3. The van der Waals surface area contributed by atoms with Crippen LogP contribution in [0.2, 0.25) is 0 Å². The van der Waals surface area contributed by atoms with Crippen LogP contribution in [0.4, 0.5) is 30.5 Å². The zero-order valence-electron chi connectivity index (χ0n) is 29.6. The molecule has 2 aromatic carbocycles. The topological polar surface area (TPSA) is 118 Å². The number of nitrogens with zero attached hydrogens (tertiary/aromatic N) is 6. The fraction of sp³-hybridized carbons (Fsp3) is 0.447. The fourth-order valence-corrected chi connectivity index (χ4v) is 7.78. The smallest absolute Gasteiger partial charge is 0.404 e. The van der Waals surface area contributed by atoms with Gasteiger partial charge in [-0.1, -0.05) is 32.0 Å². The zero-order valence-corrected chi connectivity index (χ0v) is 29.6. The minimum atomic E-state index is -5.00. The third-order valence-electron chi connectivity index (χ3n) is 10.3. The summed E-state index contributed by atoms with van der Waals surface area (Å²) in [6.07, 6.45) is 3.22. The molecule has 7 rings (SSSR count). The summed E-state index contributed by atoms with van der Waals surface area (Å²) in [6, 6.07) is 10.0. The minimum absolute atomic E-state index is 0.0173. The van der Waals surface area contributed by atoms with E-state index in [0.29, 0.717) is 36.5 Å². The molecular formula is C38H43F3N8O3. The number of carbonyl (C=O) groups is 2. The Kier molecular flexibility index (Phi) is 9.92. The summed E-state index contributed by atoms with van der Waals surface area (Å²) in [5.74, 6) is -1.17. The summed E-state index contributed by atoms with van der Waals surface area (Å²) in [6.45, 7) is 7.41. The Labute approximate surface area is 300 Å². The quantitative estimate of drug-likeness (QED) is 0.186. The van der Waals surface area contributed by atoms with Crippen LogP contribution in [0.15, 0.2) is 42.6 Å². The summed E-state index contributed by atoms with van der Waals surface area (Å²) in [5.41, 5.74) is 5.95. The monoisotopic (exact) mass is 716 g/mol. The number of hydrogen-bond donors (Lipinski definition) is 2. The van der Waals surface area contributed by atoms with Gasteiger partial charge in [0.1, 0.15) is 0 Å². The highest BCUT2D eigenvalue weighted by Gasteiger charge is 2.35. The van der Waals surface area contributed by atoms with Gasteiger partial charge in [-0.2, -0.15) is 5.10 Å². The van der Waals surface area contributed by atoms with E-state index in [1.807, 2.05) is 32.0 Å². The van der Waals surface area contributed by atoms with Crippen LogP contribution < -0.4 is 15.4 Å². The van der Waals surface area contributed by atoms with Crippen LogP contribution in [0.5, 0.6) is 5.75 Å². The molecule has 2 N–H and O–H groups in total. The normalized spacial score (nSPS) is 17.2. The average molecular weight is 717 g/mol. The van der Waals surface area contributed by atoms with E-state index in [1.54, 1.807) is 22.8 Å². The summed E-state index contributed by atoms with van der Waals surface area (Å²) in [7, 11) is 1.73. The van der Waals surface area contributed by atoms with E-state index >= 15 is 0 Å². The molecule has 2 amide bonds. The molecule has 14 heteroatoms. The molecule has 2 saturated heterocycles. The third-order valence-corrected chi connectivity index (χ3v) is 10.3. The van der Waals surface area contributed by atoms with Crippen LogP contribution in [-0.4, -0.2) is 79.9 Å². The molecule has 4 heterocycles. The molecule has 4 aromatic rings. The standard InChI is InChI=1S/C38H43F3N8O3/c1-4-23-10-8-11-24(5-2)31(23)44-35(50)33-28-15-13-26-21-42-37(45-32(26)34(28)47(3)46-33)43-29-16-14-25(20-30(29)52-38(39,40)41)36(51)49-19-9-12-27(49)22-48-17-6-7-18-48/h8,10-11,14,16,20-21,27H,4-7,9,12-13,15,17-19,22H2,1-3H3,(H,44,50)(H,42,43,45)/t27-/m1/s1. The highest BCUT2D eigenvalue weighted by molar-refractivity contribution is 6.06. The second kappa shape index (κ2) is 14.6. The van der Waals surface area contributed by atoms with Crippen molar-refractivity contribution in [2.75, 3.05) is 36.8 Å². The number of halogens is 3. The van der Waals surface area contributed by atoms with E-state index in [-0.39, 0.29) is 35.1 Å². The highest BCUT2D eigenvalue weighted by Crippen LogP contribution is 2.37. The molecule has 0 saturated carbocycles. The Morgan fingerprint density at radius 1 is 1.00 bits per heavy atom. The van der Waals surface area contributed by atoms with Gasteiger partial charge < -0.3 is 25.2 Å². The van der Waals surface area contributed by atoms with Gasteiger partial charge in [0.15, 0.2) is 11.4 Å². The van der Waals surface area contributed by atoms with Crippen molar-refractivity contribution in [2.45, 2.75) is 77.6 Å². The summed E-state index contributed by atoms with van der Waals surface area (Å²) >= 11 is 0. The van der Waals surface area contributed by atoms with E-state index in [1.165, 1.54) is 12.1 Å². The highest BCUT2D eigenvalue weighted by atomic mass is 19.4. The maximum Gasteiger partial charge on any atom is 0.573 e. The van der Waals surface area contributed by atoms with Gasteiger partial charge in [-0.05, 0) is 99.3 Å². The summed E-state index contributed by atoms with van der Waals surface area (Å²) in [4.78, 5) is 40.6. The lowest BCUT2D eigenvalue weighted by Gasteiger charge is -2.29. The Hall–Kier alpha value is -4.98. The number of hydrogen-bond acceptors (Lipinski definition) is 8. The number of para-hydroxylation sites is 1. The van der Waals surface area contributed by atoms with Crippen molar-refractivity contribution in [1.82, 2.24) is 29.5 Å². The lowest BCUT2D eigenvalue weighted by Crippen LogP contribution is -2.42. The number of fused-ring (bicyclic) bond motifs is 3. The summed E-state index contributed by atoms with van der Waals surface area (Å²) < 4.78 is 47.1. The van der Waals surface area contributed by atoms with E-state index in [9.17, 15) is 22.8 Å². The van der Waals surface area contributed by atoms with Gasteiger partial charge in [0.2, 0.25) is 5.95 Å². The molecule has 2 fully saturated rings. The number of rotatable bonds is 10. The maximum absolute atomic E-state index is 13.7. The second-order valence-electron chi connectivity index (χ2n) is 13.7. The molecular weight excluding hydrogens is 673 g/mol. The second-order valence-corrected chi connectivity index (χ2v) is 13.7. The van der Waals surface area contributed by atoms with Gasteiger partial charge >= 0.3 is 6.36 Å². The summed E-state index contributed by atoms with van der Waals surface area (Å²) in [5, 5.41) is 10.6. The van der Waals surface area contributed by atoms with Gasteiger partial charge in [-0.25, -0.2) is 9.97 Å². The molecule has 0 unspecified atom stereocenters.